The fourth-order valence-corrected chi connectivity index (χ4v) is 4.03. The van der Waals surface area contributed by atoms with E-state index in [1.165, 1.54) is 11.1 Å². The highest BCUT2D eigenvalue weighted by atomic mass is 127. The van der Waals surface area contributed by atoms with Gasteiger partial charge < -0.3 is 10.6 Å². The third-order valence-electron chi connectivity index (χ3n) is 4.64. The molecule has 0 amide bonds. The van der Waals surface area contributed by atoms with Crippen molar-refractivity contribution in [2.45, 2.75) is 25.9 Å². The number of hydrogen-bond donors (Lipinski definition) is 1. The van der Waals surface area contributed by atoms with Crippen LogP contribution in [0.15, 0.2) is 29.3 Å². The van der Waals surface area contributed by atoms with Gasteiger partial charge in [0.1, 0.15) is 0 Å². The fourth-order valence-electron chi connectivity index (χ4n) is 3.13. The quantitative estimate of drug-likeness (QED) is 0.440. The molecule has 0 radical (unpaired) electrons. The second kappa shape index (κ2) is 9.13. The lowest BCUT2D eigenvalue weighted by Crippen LogP contribution is -2.44. The Morgan fingerprint density at radius 3 is 2.65 bits per heavy atom. The zero-order valence-electron chi connectivity index (χ0n) is 13.8. The molecule has 1 unspecified atom stereocenters. The van der Waals surface area contributed by atoms with E-state index in [4.69, 9.17) is 5.73 Å². The molecule has 2 aliphatic heterocycles. The van der Waals surface area contributed by atoms with Crippen molar-refractivity contribution < 1.29 is 0 Å². The lowest BCUT2D eigenvalue weighted by Gasteiger charge is -2.33. The molecule has 2 heterocycles. The van der Waals surface area contributed by atoms with Gasteiger partial charge in [-0.2, -0.15) is 11.8 Å². The largest absolute Gasteiger partial charge is 0.370 e. The number of aliphatic imine (C=N–C) groups is 1. The first-order valence-corrected chi connectivity index (χ1v) is 9.33. The Kier molecular flexibility index (Phi) is 7.49. The number of guanidine groups is 1. The molecule has 4 nitrogen and oxygen atoms in total. The van der Waals surface area contributed by atoms with E-state index >= 15 is 0 Å². The highest BCUT2D eigenvalue weighted by Gasteiger charge is 2.20. The molecule has 1 fully saturated rings. The summed E-state index contributed by atoms with van der Waals surface area (Å²) in [5.74, 6) is 3.05. The van der Waals surface area contributed by atoms with Crippen molar-refractivity contribution in [1.82, 2.24) is 9.80 Å². The molecule has 6 heteroatoms. The summed E-state index contributed by atoms with van der Waals surface area (Å²) in [5.41, 5.74) is 9.11. The maximum atomic E-state index is 6.15. The Hall–Kier alpha value is -0.470. The van der Waals surface area contributed by atoms with Crippen molar-refractivity contribution in [3.8, 4) is 0 Å². The highest BCUT2D eigenvalue weighted by Crippen LogP contribution is 2.20. The van der Waals surface area contributed by atoms with Crippen molar-refractivity contribution in [2.24, 2.45) is 10.7 Å². The first-order valence-electron chi connectivity index (χ1n) is 8.17. The summed E-state index contributed by atoms with van der Waals surface area (Å²) in [6.45, 7) is 7.27. The van der Waals surface area contributed by atoms with Crippen molar-refractivity contribution in [1.29, 1.82) is 0 Å². The van der Waals surface area contributed by atoms with E-state index in [1.807, 2.05) is 11.8 Å². The molecule has 0 saturated carbocycles. The Labute approximate surface area is 160 Å². The van der Waals surface area contributed by atoms with E-state index in [2.05, 4.69) is 46.0 Å². The lowest BCUT2D eigenvalue weighted by molar-refractivity contribution is 0.195. The van der Waals surface area contributed by atoms with Gasteiger partial charge in [0.25, 0.3) is 0 Å². The van der Waals surface area contributed by atoms with Crippen molar-refractivity contribution in [3.63, 3.8) is 0 Å². The zero-order chi connectivity index (χ0) is 15.4. The van der Waals surface area contributed by atoms with Gasteiger partial charge in [-0.3, -0.25) is 9.89 Å². The van der Waals surface area contributed by atoms with Crippen molar-refractivity contribution in [3.05, 3.63) is 35.4 Å². The van der Waals surface area contributed by atoms with E-state index in [9.17, 15) is 0 Å². The first kappa shape index (κ1) is 18.9. The Balaban J connectivity index is 0.00000192. The van der Waals surface area contributed by atoms with Crippen LogP contribution in [-0.4, -0.2) is 59.5 Å². The van der Waals surface area contributed by atoms with Crippen molar-refractivity contribution in [2.75, 3.05) is 37.7 Å². The second-order valence-electron chi connectivity index (χ2n) is 6.14. The molecule has 2 aliphatic rings. The summed E-state index contributed by atoms with van der Waals surface area (Å²) < 4.78 is 0. The molecule has 0 spiro atoms. The number of nitrogens with zero attached hydrogens (tertiary/aromatic N) is 3. The number of nitrogens with two attached hydrogens (primary N) is 1. The summed E-state index contributed by atoms with van der Waals surface area (Å²) in [6.07, 6.45) is 1.14. The minimum absolute atomic E-state index is 0. The number of rotatable bonds is 3. The van der Waals surface area contributed by atoms with E-state index in [0.717, 1.165) is 56.6 Å². The van der Waals surface area contributed by atoms with Gasteiger partial charge in [-0.1, -0.05) is 24.3 Å². The van der Waals surface area contributed by atoms with Crippen LogP contribution in [0.1, 0.15) is 18.1 Å². The van der Waals surface area contributed by atoms with Crippen LogP contribution in [0, 0.1) is 0 Å². The average Bonchev–Trinajstić information content (AvgIpc) is 2.59. The third kappa shape index (κ3) is 5.00. The molecular weight excluding hydrogens is 419 g/mol. The van der Waals surface area contributed by atoms with E-state index in [0.29, 0.717) is 6.04 Å². The minimum Gasteiger partial charge on any atom is -0.370 e. The van der Waals surface area contributed by atoms with Crippen molar-refractivity contribution >= 4 is 41.7 Å². The smallest absolute Gasteiger partial charge is 0.191 e. The van der Waals surface area contributed by atoms with Gasteiger partial charge in [0, 0.05) is 43.7 Å². The van der Waals surface area contributed by atoms with Gasteiger partial charge in [-0.25, -0.2) is 0 Å². The Morgan fingerprint density at radius 1 is 1.22 bits per heavy atom. The molecule has 0 bridgehead atoms. The predicted octanol–water partition coefficient (Wildman–Crippen LogP) is 2.41. The van der Waals surface area contributed by atoms with Gasteiger partial charge >= 0.3 is 0 Å². The molecule has 0 aliphatic carbocycles. The maximum absolute atomic E-state index is 6.15. The minimum atomic E-state index is 0. The molecule has 0 aromatic heterocycles. The zero-order valence-corrected chi connectivity index (χ0v) is 16.9. The fraction of sp³-hybridized carbons (Fsp3) is 0.588. The van der Waals surface area contributed by atoms with Gasteiger partial charge in [0.15, 0.2) is 5.96 Å². The van der Waals surface area contributed by atoms with Crippen LogP contribution in [0.3, 0.4) is 0 Å². The van der Waals surface area contributed by atoms with Gasteiger partial charge in [-0.05, 0) is 24.5 Å². The number of thioether (sulfide) groups is 1. The van der Waals surface area contributed by atoms with Gasteiger partial charge in [0.05, 0.1) is 6.54 Å². The van der Waals surface area contributed by atoms with Crippen LogP contribution in [-0.2, 0) is 13.0 Å². The van der Waals surface area contributed by atoms with Crippen LogP contribution in [0.5, 0.6) is 0 Å². The monoisotopic (exact) mass is 446 g/mol. The van der Waals surface area contributed by atoms with E-state index in [1.54, 1.807) is 0 Å². The van der Waals surface area contributed by atoms with Crippen LogP contribution >= 0.6 is 35.7 Å². The van der Waals surface area contributed by atoms with Gasteiger partial charge in [-0.15, -0.1) is 24.0 Å². The van der Waals surface area contributed by atoms with Crippen LogP contribution < -0.4 is 5.73 Å². The summed E-state index contributed by atoms with van der Waals surface area (Å²) in [7, 11) is 0. The number of halogens is 1. The van der Waals surface area contributed by atoms with Crippen LogP contribution in [0.25, 0.3) is 0 Å². The summed E-state index contributed by atoms with van der Waals surface area (Å²) >= 11 is 2.00. The number of fused-ring (bicyclic) bond motifs is 1. The maximum Gasteiger partial charge on any atom is 0.191 e. The standard InChI is InChI=1S/C17H26N4S.HI/c1-14(12-19-17(18)20-8-10-22-11-9-20)21-7-6-15-4-2-3-5-16(15)13-21;/h2-5,14H,6-13H2,1H3,(H2,18,19);1H. The van der Waals surface area contributed by atoms with Crippen LogP contribution in [0.4, 0.5) is 0 Å². The SMILES string of the molecule is CC(CN=C(N)N1CCSCC1)N1CCc2ccccc2C1.I. The summed E-state index contributed by atoms with van der Waals surface area (Å²) in [6, 6.07) is 9.21. The molecule has 23 heavy (non-hydrogen) atoms. The molecule has 1 aromatic carbocycles. The first-order chi connectivity index (χ1) is 10.7. The lowest BCUT2D eigenvalue weighted by atomic mass is 9.99. The van der Waals surface area contributed by atoms with Gasteiger partial charge in [0.2, 0.25) is 0 Å². The Morgan fingerprint density at radius 2 is 1.91 bits per heavy atom. The molecule has 2 N–H and O–H groups in total. The van der Waals surface area contributed by atoms with E-state index in [-0.39, 0.29) is 24.0 Å². The predicted molar refractivity (Wildman–Crippen MR) is 111 cm³/mol. The summed E-state index contributed by atoms with van der Waals surface area (Å²) in [4.78, 5) is 9.38. The average molecular weight is 446 g/mol. The van der Waals surface area contributed by atoms with E-state index < -0.39 is 0 Å². The molecule has 1 aromatic rings. The Bertz CT molecular complexity index is 531. The molecule has 128 valence electrons. The third-order valence-corrected chi connectivity index (χ3v) is 5.58. The number of benzene rings is 1. The second-order valence-corrected chi connectivity index (χ2v) is 7.36. The normalized spacial score (nSPS) is 20.6. The molecule has 1 saturated heterocycles. The molecule has 3 rings (SSSR count). The summed E-state index contributed by atoms with van der Waals surface area (Å²) in [5, 5.41) is 0. The highest BCUT2D eigenvalue weighted by molar-refractivity contribution is 14.0. The number of hydrogen-bond acceptors (Lipinski definition) is 3. The molecular formula is C17H27IN4S. The van der Waals surface area contributed by atoms with Crippen LogP contribution in [0.2, 0.25) is 0 Å². The molecule has 1 atom stereocenters. The topological polar surface area (TPSA) is 44.9 Å².